The van der Waals surface area contributed by atoms with Gasteiger partial charge in [0.1, 0.15) is 6.33 Å². The lowest BCUT2D eigenvalue weighted by molar-refractivity contribution is 1.24. The van der Waals surface area contributed by atoms with Crippen molar-refractivity contribution in [2.24, 2.45) is 0 Å². The van der Waals surface area contributed by atoms with E-state index < -0.39 is 8.07 Å². The lowest BCUT2D eigenvalue weighted by atomic mass is 10.0. The minimum Gasteiger partial charge on any atom is -0.235 e. The number of hydrogen-bond acceptors (Lipinski definition) is 3. The van der Waals surface area contributed by atoms with E-state index in [-0.39, 0.29) is 0 Å². The van der Waals surface area contributed by atoms with Crippen molar-refractivity contribution >= 4 is 71.6 Å². The topological polar surface area (TPSA) is 25.8 Å². The van der Waals surface area contributed by atoms with Crippen molar-refractivity contribution < 1.29 is 0 Å². The molecule has 2 aromatic heterocycles. The van der Waals surface area contributed by atoms with Crippen LogP contribution in [0.5, 0.6) is 0 Å². The number of hydrogen-bond donors (Lipinski definition) is 0. The van der Waals surface area contributed by atoms with Gasteiger partial charge < -0.3 is 0 Å². The molecule has 5 heteroatoms. The zero-order chi connectivity index (χ0) is 19.5. The Balaban J connectivity index is 1.85. The van der Waals surface area contributed by atoms with E-state index >= 15 is 0 Å². The monoisotopic (exact) mass is 462 g/mol. The van der Waals surface area contributed by atoms with Gasteiger partial charge in [-0.3, -0.25) is 0 Å². The van der Waals surface area contributed by atoms with E-state index in [0.29, 0.717) is 0 Å². The Labute approximate surface area is 177 Å². The second kappa shape index (κ2) is 6.48. The summed E-state index contributed by atoms with van der Waals surface area (Å²) in [6.07, 6.45) is 1.70. The van der Waals surface area contributed by atoms with E-state index in [1.54, 1.807) is 17.7 Å². The first-order valence-corrected chi connectivity index (χ1v) is 14.4. The Morgan fingerprint density at radius 3 is 2.54 bits per heavy atom. The molecular weight excluding hydrogens is 444 g/mol. The van der Waals surface area contributed by atoms with Crippen molar-refractivity contribution in [3.8, 4) is 11.3 Å². The molecule has 0 aliphatic heterocycles. The van der Waals surface area contributed by atoms with Gasteiger partial charge in [-0.15, -0.1) is 11.3 Å². The Kier molecular flexibility index (Phi) is 4.16. The summed E-state index contributed by atoms with van der Waals surface area (Å²) < 4.78 is 3.48. The third kappa shape index (κ3) is 2.89. The van der Waals surface area contributed by atoms with Crippen LogP contribution in [0.25, 0.3) is 42.3 Å². The Bertz CT molecular complexity index is 1370. The Hall–Kier alpha value is -2.08. The quantitative estimate of drug-likeness (QED) is 0.264. The number of nitrogens with zero attached hydrogens (tertiary/aromatic N) is 2. The summed E-state index contributed by atoms with van der Waals surface area (Å²) in [5.41, 5.74) is 3.27. The maximum Gasteiger partial charge on any atom is 0.116 e. The molecule has 0 saturated heterocycles. The lowest BCUT2D eigenvalue weighted by Gasteiger charge is -2.21. The number of aromatic nitrogens is 2. The second-order valence-electron chi connectivity index (χ2n) is 8.14. The molecule has 0 aliphatic rings. The molecule has 5 aromatic rings. The molecule has 3 aromatic carbocycles. The summed E-state index contributed by atoms with van der Waals surface area (Å²) in [5, 5.41) is 5.33. The van der Waals surface area contributed by atoms with E-state index in [1.165, 1.54) is 31.6 Å². The minimum absolute atomic E-state index is 1.03. The summed E-state index contributed by atoms with van der Waals surface area (Å²) in [6.45, 7) is 7.22. The molecule has 0 fully saturated rings. The molecule has 2 heterocycles. The number of thiophene rings is 1. The van der Waals surface area contributed by atoms with E-state index in [9.17, 15) is 0 Å². The lowest BCUT2D eigenvalue weighted by Crippen LogP contribution is -2.38. The fraction of sp³-hybridized carbons (Fsp3) is 0.130. The van der Waals surface area contributed by atoms with Crippen LogP contribution in [0.4, 0.5) is 0 Å². The van der Waals surface area contributed by atoms with Crippen molar-refractivity contribution in [2.75, 3.05) is 0 Å². The number of fused-ring (bicyclic) bond motifs is 4. The van der Waals surface area contributed by atoms with Crippen LogP contribution in [-0.4, -0.2) is 18.0 Å². The molecule has 2 nitrogen and oxygen atoms in total. The molecular formula is C23H19BrN2SSi. The van der Waals surface area contributed by atoms with Gasteiger partial charge in [-0.05, 0) is 29.0 Å². The zero-order valence-electron chi connectivity index (χ0n) is 16.0. The highest BCUT2D eigenvalue weighted by atomic mass is 79.9. The van der Waals surface area contributed by atoms with Crippen molar-refractivity contribution in [3.05, 3.63) is 65.4 Å². The fourth-order valence-corrected chi connectivity index (χ4v) is 7.17. The van der Waals surface area contributed by atoms with Crippen LogP contribution in [0.3, 0.4) is 0 Å². The first-order valence-electron chi connectivity index (χ1n) is 9.28. The number of rotatable bonds is 2. The Morgan fingerprint density at radius 1 is 0.893 bits per heavy atom. The standard InChI is InChI=1S/C23H19BrN2SSi/c1-28(2,3)20-11-15(10-14-6-4-5-7-17(14)20)21-23-22(26-13-25-21)18-9-8-16(24)12-19(18)27-23/h4-13H,1-3H3. The molecule has 0 saturated carbocycles. The smallest absolute Gasteiger partial charge is 0.116 e. The van der Waals surface area contributed by atoms with Gasteiger partial charge in [-0.25, -0.2) is 9.97 Å². The summed E-state index contributed by atoms with van der Waals surface area (Å²) in [6, 6.07) is 19.8. The van der Waals surface area contributed by atoms with Gasteiger partial charge in [0, 0.05) is 20.1 Å². The van der Waals surface area contributed by atoms with Gasteiger partial charge in [0.2, 0.25) is 0 Å². The third-order valence-corrected chi connectivity index (χ3v) is 8.83. The van der Waals surface area contributed by atoms with Gasteiger partial charge in [0.15, 0.2) is 0 Å². The van der Waals surface area contributed by atoms with E-state index in [2.05, 4.69) is 95.2 Å². The van der Waals surface area contributed by atoms with Crippen LogP contribution >= 0.6 is 27.3 Å². The molecule has 0 atom stereocenters. The first kappa shape index (κ1) is 18.0. The van der Waals surface area contributed by atoms with Gasteiger partial charge in [0.25, 0.3) is 0 Å². The molecule has 0 unspecified atom stereocenters. The predicted molar refractivity (Wildman–Crippen MR) is 129 cm³/mol. The van der Waals surface area contributed by atoms with Crippen LogP contribution < -0.4 is 5.19 Å². The van der Waals surface area contributed by atoms with Gasteiger partial charge >= 0.3 is 0 Å². The van der Waals surface area contributed by atoms with Crippen molar-refractivity contribution in [2.45, 2.75) is 19.6 Å². The maximum absolute atomic E-state index is 4.73. The zero-order valence-corrected chi connectivity index (χ0v) is 19.4. The van der Waals surface area contributed by atoms with Crippen LogP contribution in [-0.2, 0) is 0 Å². The van der Waals surface area contributed by atoms with Crippen molar-refractivity contribution in [1.82, 2.24) is 9.97 Å². The molecule has 5 rings (SSSR count). The SMILES string of the molecule is C[Si](C)(C)c1cc(-c2ncnc3c2sc2cc(Br)ccc23)cc2ccccc12. The van der Waals surface area contributed by atoms with E-state index in [1.807, 2.05) is 0 Å². The highest BCUT2D eigenvalue weighted by Crippen LogP contribution is 2.39. The predicted octanol–water partition coefficient (Wildman–Crippen LogP) is 6.97. The number of halogens is 1. The first-order chi connectivity index (χ1) is 13.4. The minimum atomic E-state index is -1.51. The fourth-order valence-electron chi connectivity index (χ4n) is 3.82. The number of benzene rings is 3. The molecule has 0 amide bonds. The third-order valence-electron chi connectivity index (χ3n) is 5.16. The van der Waals surface area contributed by atoms with Gasteiger partial charge in [-0.1, -0.05) is 77.2 Å². The van der Waals surface area contributed by atoms with Crippen molar-refractivity contribution in [3.63, 3.8) is 0 Å². The molecule has 0 spiro atoms. The summed E-state index contributed by atoms with van der Waals surface area (Å²) in [7, 11) is -1.51. The second-order valence-corrected chi connectivity index (χ2v) is 15.1. The summed E-state index contributed by atoms with van der Waals surface area (Å²) >= 11 is 5.36. The average Bonchev–Trinajstić information content (AvgIpc) is 3.03. The summed E-state index contributed by atoms with van der Waals surface area (Å²) in [5.74, 6) is 0. The Morgan fingerprint density at radius 2 is 1.71 bits per heavy atom. The van der Waals surface area contributed by atoms with Gasteiger partial charge in [0.05, 0.1) is 24.0 Å². The average molecular weight is 463 g/mol. The molecule has 0 radical (unpaired) electrons. The van der Waals surface area contributed by atoms with E-state index in [4.69, 9.17) is 4.98 Å². The highest BCUT2D eigenvalue weighted by molar-refractivity contribution is 9.10. The summed E-state index contributed by atoms with van der Waals surface area (Å²) in [4.78, 5) is 9.34. The van der Waals surface area contributed by atoms with Crippen LogP contribution in [0, 0.1) is 0 Å². The molecule has 0 N–H and O–H groups in total. The van der Waals surface area contributed by atoms with Crippen LogP contribution in [0.1, 0.15) is 0 Å². The van der Waals surface area contributed by atoms with Crippen molar-refractivity contribution in [1.29, 1.82) is 0 Å². The largest absolute Gasteiger partial charge is 0.235 e. The molecule has 0 bridgehead atoms. The maximum atomic E-state index is 4.73. The van der Waals surface area contributed by atoms with Gasteiger partial charge in [-0.2, -0.15) is 0 Å². The molecule has 138 valence electrons. The van der Waals surface area contributed by atoms with Crippen LogP contribution in [0.15, 0.2) is 65.4 Å². The van der Waals surface area contributed by atoms with E-state index in [0.717, 1.165) is 20.4 Å². The molecule has 28 heavy (non-hydrogen) atoms. The highest BCUT2D eigenvalue weighted by Gasteiger charge is 2.21. The molecule has 0 aliphatic carbocycles. The normalized spacial score (nSPS) is 12.3. The van der Waals surface area contributed by atoms with Crippen LogP contribution in [0.2, 0.25) is 19.6 Å².